The molecule has 2 aromatic carbocycles. The van der Waals surface area contributed by atoms with E-state index >= 15 is 0 Å². The van der Waals surface area contributed by atoms with E-state index in [4.69, 9.17) is 0 Å². The number of likely N-dealkylation sites (tertiary alicyclic amines) is 1. The highest BCUT2D eigenvalue weighted by molar-refractivity contribution is 7.21. The van der Waals surface area contributed by atoms with E-state index in [-0.39, 0.29) is 11.9 Å². The molecule has 4 aromatic rings. The van der Waals surface area contributed by atoms with Gasteiger partial charge in [0.1, 0.15) is 0 Å². The Morgan fingerprint density at radius 2 is 1.85 bits per heavy atom. The molecule has 1 fully saturated rings. The number of nitrogens with zero attached hydrogens (tertiary/aromatic N) is 2. The third kappa shape index (κ3) is 3.98. The van der Waals surface area contributed by atoms with Crippen molar-refractivity contribution in [2.24, 2.45) is 7.05 Å². The number of hydrogen-bond acceptors (Lipinski definition) is 3. The minimum absolute atomic E-state index is 0.0713. The SMILES string of the molecule is CCc1c(CN2CC[C@@H](c3c(C(=O)NC(C)C)sc4ccccc34)C2)c2ccccc2n1C. The minimum atomic E-state index is 0.0713. The summed E-state index contributed by atoms with van der Waals surface area (Å²) in [5.74, 6) is 0.455. The van der Waals surface area contributed by atoms with Gasteiger partial charge in [0.2, 0.25) is 0 Å². The molecular formula is C28H33N3OS. The van der Waals surface area contributed by atoms with Gasteiger partial charge in [0, 0.05) is 53.4 Å². The van der Waals surface area contributed by atoms with Crippen molar-refractivity contribution in [3.05, 3.63) is 70.2 Å². The maximum Gasteiger partial charge on any atom is 0.261 e. The monoisotopic (exact) mass is 459 g/mol. The van der Waals surface area contributed by atoms with Crippen molar-refractivity contribution in [2.45, 2.75) is 52.1 Å². The molecular weight excluding hydrogens is 426 g/mol. The van der Waals surface area contributed by atoms with Crippen molar-refractivity contribution in [2.75, 3.05) is 13.1 Å². The summed E-state index contributed by atoms with van der Waals surface area (Å²) in [6.45, 7) is 9.33. The Morgan fingerprint density at radius 1 is 1.12 bits per heavy atom. The van der Waals surface area contributed by atoms with Gasteiger partial charge in [0.25, 0.3) is 5.91 Å². The number of rotatable bonds is 6. The second kappa shape index (κ2) is 8.96. The maximum absolute atomic E-state index is 13.1. The van der Waals surface area contributed by atoms with Gasteiger partial charge in [-0.15, -0.1) is 11.3 Å². The predicted octanol–water partition coefficient (Wildman–Crippen LogP) is 6.08. The Kier molecular flexibility index (Phi) is 6.02. The number of aryl methyl sites for hydroxylation is 1. The van der Waals surface area contributed by atoms with Crippen LogP contribution in [-0.4, -0.2) is 34.5 Å². The van der Waals surface area contributed by atoms with Gasteiger partial charge >= 0.3 is 0 Å². The first-order chi connectivity index (χ1) is 16.0. The fourth-order valence-electron chi connectivity index (χ4n) is 5.55. The van der Waals surface area contributed by atoms with E-state index in [0.717, 1.165) is 37.4 Å². The Hall–Kier alpha value is -2.63. The average Bonchev–Trinajstić information content (AvgIpc) is 3.48. The van der Waals surface area contributed by atoms with Crippen LogP contribution < -0.4 is 5.32 Å². The van der Waals surface area contributed by atoms with Crippen molar-refractivity contribution in [3.63, 3.8) is 0 Å². The van der Waals surface area contributed by atoms with E-state index in [0.29, 0.717) is 5.92 Å². The van der Waals surface area contributed by atoms with Gasteiger partial charge < -0.3 is 9.88 Å². The highest BCUT2D eigenvalue weighted by Crippen LogP contribution is 2.41. The lowest BCUT2D eigenvalue weighted by Crippen LogP contribution is -2.30. The number of fused-ring (bicyclic) bond motifs is 2. The summed E-state index contributed by atoms with van der Waals surface area (Å²) in [7, 11) is 2.19. The van der Waals surface area contributed by atoms with Gasteiger partial charge in [-0.1, -0.05) is 43.3 Å². The standard InChI is InChI=1S/C28H33N3OS/c1-5-23-22(20-10-6-8-12-24(20)30(23)4)17-31-15-14-19(16-31)26-21-11-7-9-13-25(21)33-27(26)28(32)29-18(2)3/h6-13,18-19H,5,14-17H2,1-4H3,(H,29,32)/t19-/m1/s1. The summed E-state index contributed by atoms with van der Waals surface area (Å²) in [6.07, 6.45) is 2.13. The minimum Gasteiger partial charge on any atom is -0.349 e. The zero-order chi connectivity index (χ0) is 23.1. The lowest BCUT2D eigenvalue weighted by molar-refractivity contribution is 0.0946. The van der Waals surface area contributed by atoms with Crippen LogP contribution in [0, 0.1) is 0 Å². The van der Waals surface area contributed by atoms with Gasteiger partial charge in [-0.25, -0.2) is 0 Å². The number of para-hydroxylation sites is 1. The normalized spacial score (nSPS) is 16.9. The Balaban J connectivity index is 1.46. The molecule has 5 heteroatoms. The molecule has 33 heavy (non-hydrogen) atoms. The van der Waals surface area contributed by atoms with E-state index < -0.39 is 0 Å². The van der Waals surface area contributed by atoms with Crippen LogP contribution in [0.5, 0.6) is 0 Å². The van der Waals surface area contributed by atoms with Gasteiger partial charge in [0.05, 0.1) is 4.88 Å². The second-order valence-corrected chi connectivity index (χ2v) is 10.6. The zero-order valence-electron chi connectivity index (χ0n) is 20.0. The van der Waals surface area contributed by atoms with Crippen LogP contribution in [0.2, 0.25) is 0 Å². The molecule has 0 spiro atoms. The van der Waals surface area contributed by atoms with Crippen molar-refractivity contribution in [1.29, 1.82) is 0 Å². The molecule has 0 saturated carbocycles. The number of benzene rings is 2. The summed E-state index contributed by atoms with van der Waals surface area (Å²) in [5.41, 5.74) is 5.46. The Morgan fingerprint density at radius 3 is 2.61 bits per heavy atom. The van der Waals surface area contributed by atoms with Crippen molar-refractivity contribution < 1.29 is 4.79 Å². The van der Waals surface area contributed by atoms with Crippen molar-refractivity contribution >= 4 is 38.2 Å². The van der Waals surface area contributed by atoms with Crippen LogP contribution in [0.25, 0.3) is 21.0 Å². The molecule has 1 aliphatic heterocycles. The maximum atomic E-state index is 13.1. The summed E-state index contributed by atoms with van der Waals surface area (Å²) in [6, 6.07) is 17.4. The molecule has 0 bridgehead atoms. The molecule has 4 nitrogen and oxygen atoms in total. The number of nitrogens with one attached hydrogen (secondary N) is 1. The molecule has 3 heterocycles. The average molecular weight is 460 g/mol. The lowest BCUT2D eigenvalue weighted by Gasteiger charge is -2.18. The molecule has 2 aromatic heterocycles. The first-order valence-corrected chi connectivity index (χ1v) is 12.9. The lowest BCUT2D eigenvalue weighted by atomic mass is 9.95. The van der Waals surface area contributed by atoms with Gasteiger partial charge in [-0.2, -0.15) is 0 Å². The third-order valence-electron chi connectivity index (χ3n) is 7.00. The van der Waals surface area contributed by atoms with Crippen LogP contribution in [0.4, 0.5) is 0 Å². The first kappa shape index (κ1) is 22.2. The smallest absolute Gasteiger partial charge is 0.261 e. The van der Waals surface area contributed by atoms with E-state index in [1.807, 2.05) is 13.8 Å². The highest BCUT2D eigenvalue weighted by Gasteiger charge is 2.31. The number of thiophene rings is 1. The Labute approximate surface area is 200 Å². The third-order valence-corrected chi connectivity index (χ3v) is 8.19. The van der Waals surface area contributed by atoms with Crippen LogP contribution in [-0.2, 0) is 20.0 Å². The topological polar surface area (TPSA) is 37.3 Å². The molecule has 5 rings (SSSR count). The number of carbonyl (C=O) groups is 1. The van der Waals surface area contributed by atoms with Crippen molar-refractivity contribution in [3.8, 4) is 0 Å². The van der Waals surface area contributed by atoms with Crippen LogP contribution in [0.3, 0.4) is 0 Å². The molecule has 1 saturated heterocycles. The number of aromatic nitrogens is 1. The second-order valence-electron chi connectivity index (χ2n) is 9.54. The van der Waals surface area contributed by atoms with Crippen LogP contribution in [0.15, 0.2) is 48.5 Å². The number of amides is 1. The molecule has 0 unspecified atom stereocenters. The fraction of sp³-hybridized carbons (Fsp3) is 0.393. The van der Waals surface area contributed by atoms with E-state index in [9.17, 15) is 4.79 Å². The van der Waals surface area contributed by atoms with Gasteiger partial charge in [-0.3, -0.25) is 9.69 Å². The van der Waals surface area contributed by atoms with Crippen LogP contribution in [0.1, 0.15) is 59.6 Å². The zero-order valence-corrected chi connectivity index (χ0v) is 20.8. The quantitative estimate of drug-likeness (QED) is 0.379. The number of hydrogen-bond donors (Lipinski definition) is 1. The van der Waals surface area contributed by atoms with Gasteiger partial charge in [-0.05, 0) is 61.9 Å². The van der Waals surface area contributed by atoms with Gasteiger partial charge in [0.15, 0.2) is 0 Å². The molecule has 1 amide bonds. The Bertz CT molecular complexity index is 1320. The molecule has 172 valence electrons. The van der Waals surface area contributed by atoms with Crippen molar-refractivity contribution in [1.82, 2.24) is 14.8 Å². The van der Waals surface area contributed by atoms with E-state index in [2.05, 4.69) is 77.3 Å². The fourth-order valence-corrected chi connectivity index (χ4v) is 6.75. The first-order valence-electron chi connectivity index (χ1n) is 12.1. The van der Waals surface area contributed by atoms with Crippen LogP contribution >= 0.6 is 11.3 Å². The molecule has 1 N–H and O–H groups in total. The molecule has 1 aliphatic rings. The van der Waals surface area contributed by atoms with E-state index in [1.165, 1.54) is 37.8 Å². The molecule has 0 aliphatic carbocycles. The molecule has 0 radical (unpaired) electrons. The predicted molar refractivity (Wildman–Crippen MR) is 139 cm³/mol. The number of carbonyl (C=O) groups excluding carboxylic acids is 1. The summed E-state index contributed by atoms with van der Waals surface area (Å²) >= 11 is 1.64. The summed E-state index contributed by atoms with van der Waals surface area (Å²) < 4.78 is 3.57. The summed E-state index contributed by atoms with van der Waals surface area (Å²) in [4.78, 5) is 16.6. The molecule has 1 atom stereocenters. The van der Waals surface area contributed by atoms with E-state index in [1.54, 1.807) is 11.3 Å². The highest BCUT2D eigenvalue weighted by atomic mass is 32.1. The largest absolute Gasteiger partial charge is 0.349 e. The summed E-state index contributed by atoms with van der Waals surface area (Å²) in [5, 5.41) is 5.75.